The predicted molar refractivity (Wildman–Crippen MR) is 102 cm³/mol. The van der Waals surface area contributed by atoms with Gasteiger partial charge in [-0.25, -0.2) is 0 Å². The van der Waals surface area contributed by atoms with E-state index in [-0.39, 0.29) is 5.91 Å². The highest BCUT2D eigenvalue weighted by Crippen LogP contribution is 2.49. The Hall–Kier alpha value is -1.85. The van der Waals surface area contributed by atoms with Crippen molar-refractivity contribution in [1.29, 1.82) is 0 Å². The fourth-order valence-corrected chi connectivity index (χ4v) is 5.29. The van der Waals surface area contributed by atoms with E-state index in [0.29, 0.717) is 31.0 Å². The van der Waals surface area contributed by atoms with Gasteiger partial charge in [-0.3, -0.25) is 14.2 Å². The highest BCUT2D eigenvalue weighted by molar-refractivity contribution is 5.79. The molecular weight excluding hydrogens is 326 g/mol. The largest absolute Gasteiger partial charge is 0.353 e. The van der Waals surface area contributed by atoms with Crippen LogP contribution in [-0.2, 0) is 11.3 Å². The molecule has 6 heteroatoms. The van der Waals surface area contributed by atoms with Gasteiger partial charge in [-0.1, -0.05) is 6.42 Å². The van der Waals surface area contributed by atoms with E-state index in [0.717, 1.165) is 28.6 Å². The summed E-state index contributed by atoms with van der Waals surface area (Å²) in [7, 11) is 0. The third-order valence-electron chi connectivity index (χ3n) is 6.53. The maximum atomic E-state index is 12.5. The first-order chi connectivity index (χ1) is 12.4. The van der Waals surface area contributed by atoms with Gasteiger partial charge in [0.15, 0.2) is 0 Å². The molecular formula is C20H31N5O. The lowest BCUT2D eigenvalue weighted by molar-refractivity contribution is -0.122. The third-order valence-corrected chi connectivity index (χ3v) is 6.53. The summed E-state index contributed by atoms with van der Waals surface area (Å²) in [5, 5.41) is 12.4. The predicted octanol–water partition coefficient (Wildman–Crippen LogP) is 3.45. The van der Waals surface area contributed by atoms with Crippen molar-refractivity contribution < 1.29 is 4.79 Å². The van der Waals surface area contributed by atoms with E-state index in [1.807, 2.05) is 22.5 Å². The Kier molecular flexibility index (Phi) is 4.53. The topological polar surface area (TPSA) is 64.7 Å². The average Bonchev–Trinajstić information content (AvgIpc) is 3.35. The number of amides is 1. The number of nitrogens with one attached hydrogen (secondary N) is 1. The summed E-state index contributed by atoms with van der Waals surface area (Å²) in [6, 6.07) is 0.593. The second kappa shape index (κ2) is 6.71. The molecule has 0 aromatic carbocycles. The van der Waals surface area contributed by atoms with Crippen LogP contribution in [0.2, 0.25) is 0 Å². The monoisotopic (exact) mass is 357 g/mol. The molecule has 2 aromatic rings. The van der Waals surface area contributed by atoms with Crippen molar-refractivity contribution in [2.45, 2.75) is 78.4 Å². The average molecular weight is 358 g/mol. The van der Waals surface area contributed by atoms with Gasteiger partial charge in [0.2, 0.25) is 5.91 Å². The summed E-state index contributed by atoms with van der Waals surface area (Å²) >= 11 is 0. The molecule has 4 atom stereocenters. The summed E-state index contributed by atoms with van der Waals surface area (Å²) in [4.78, 5) is 12.5. The minimum Gasteiger partial charge on any atom is -0.353 e. The summed E-state index contributed by atoms with van der Waals surface area (Å²) < 4.78 is 3.93. The highest BCUT2D eigenvalue weighted by atomic mass is 16.1. The van der Waals surface area contributed by atoms with Crippen LogP contribution in [0, 0.1) is 24.7 Å². The number of carbonyl (C=O) groups is 1. The van der Waals surface area contributed by atoms with Crippen molar-refractivity contribution in [3.8, 4) is 0 Å². The number of hydrogen-bond acceptors (Lipinski definition) is 3. The van der Waals surface area contributed by atoms with Gasteiger partial charge in [0.1, 0.15) is 11.0 Å². The Labute approximate surface area is 155 Å². The number of rotatable bonds is 6. The molecule has 142 valence electrons. The quantitative estimate of drug-likeness (QED) is 0.861. The molecule has 0 radical (unpaired) electrons. The fourth-order valence-electron chi connectivity index (χ4n) is 5.29. The minimum atomic E-state index is 0.137. The molecule has 2 aliphatic rings. The number of fused-ring (bicyclic) bond motifs is 3. The zero-order chi connectivity index (χ0) is 18.4. The molecule has 1 amide bonds. The van der Waals surface area contributed by atoms with Crippen LogP contribution >= 0.6 is 0 Å². The van der Waals surface area contributed by atoms with Crippen molar-refractivity contribution >= 4 is 16.9 Å². The van der Waals surface area contributed by atoms with Crippen molar-refractivity contribution in [2.75, 3.05) is 0 Å². The van der Waals surface area contributed by atoms with Crippen LogP contribution in [0.5, 0.6) is 0 Å². The third kappa shape index (κ3) is 3.03. The molecule has 2 aliphatic carbocycles. The summed E-state index contributed by atoms with van der Waals surface area (Å²) in [5.74, 6) is 2.58. The van der Waals surface area contributed by atoms with Crippen molar-refractivity contribution in [1.82, 2.24) is 24.9 Å². The van der Waals surface area contributed by atoms with Crippen molar-refractivity contribution in [3.63, 3.8) is 0 Å². The molecule has 0 spiro atoms. The van der Waals surface area contributed by atoms with E-state index in [9.17, 15) is 4.79 Å². The van der Waals surface area contributed by atoms with E-state index in [2.05, 4.69) is 36.3 Å². The summed E-state index contributed by atoms with van der Waals surface area (Å²) in [5.41, 5.74) is 3.07. The molecule has 2 fully saturated rings. The number of nitrogens with zero attached hydrogens (tertiary/aromatic N) is 4. The normalized spacial score (nSPS) is 26.1. The second-order valence-electron chi connectivity index (χ2n) is 8.67. The van der Waals surface area contributed by atoms with E-state index in [1.54, 1.807) is 0 Å². The Morgan fingerprint density at radius 2 is 2.12 bits per heavy atom. The van der Waals surface area contributed by atoms with Crippen LogP contribution in [0.1, 0.15) is 64.6 Å². The summed E-state index contributed by atoms with van der Waals surface area (Å²) in [6.45, 7) is 9.04. The Bertz CT molecular complexity index is 805. The van der Waals surface area contributed by atoms with Crippen LogP contribution in [0.25, 0.3) is 11.0 Å². The van der Waals surface area contributed by atoms with Crippen molar-refractivity contribution in [2.24, 2.45) is 17.8 Å². The van der Waals surface area contributed by atoms with Crippen LogP contribution in [-0.4, -0.2) is 31.5 Å². The molecule has 2 aromatic heterocycles. The minimum absolute atomic E-state index is 0.137. The number of hydrogen-bond donors (Lipinski definition) is 1. The SMILES string of the molecule is Cc1nn(C(C)C)c2cnn(CCC(=O)NC(C)C3CC4CCC3C4)c12. The standard InChI is InChI=1S/C20H31N5O/c1-12(2)25-18-11-21-24(20(18)14(4)23-25)8-7-19(26)22-13(3)17-10-15-5-6-16(17)9-15/h11-13,15-17H,5-10H2,1-4H3,(H,22,26). The van der Waals surface area contributed by atoms with E-state index in [4.69, 9.17) is 0 Å². The number of aryl methyl sites for hydroxylation is 2. The van der Waals surface area contributed by atoms with Gasteiger partial charge in [-0.2, -0.15) is 10.2 Å². The summed E-state index contributed by atoms with van der Waals surface area (Å²) in [6.07, 6.45) is 7.79. The molecule has 4 unspecified atom stereocenters. The smallest absolute Gasteiger partial charge is 0.222 e. The van der Waals surface area contributed by atoms with E-state index < -0.39 is 0 Å². The van der Waals surface area contributed by atoms with Crippen molar-refractivity contribution in [3.05, 3.63) is 11.9 Å². The van der Waals surface area contributed by atoms with Crippen LogP contribution in [0.3, 0.4) is 0 Å². The van der Waals surface area contributed by atoms with Gasteiger partial charge in [0.05, 0.1) is 18.4 Å². The maximum Gasteiger partial charge on any atom is 0.222 e. The molecule has 26 heavy (non-hydrogen) atoms. The van der Waals surface area contributed by atoms with E-state index >= 15 is 0 Å². The molecule has 2 saturated carbocycles. The van der Waals surface area contributed by atoms with Crippen LogP contribution in [0.4, 0.5) is 0 Å². The molecule has 0 aliphatic heterocycles. The molecule has 0 saturated heterocycles. The van der Waals surface area contributed by atoms with Crippen LogP contribution in [0.15, 0.2) is 6.20 Å². The van der Waals surface area contributed by atoms with Gasteiger partial charge in [0.25, 0.3) is 0 Å². The fraction of sp³-hybridized carbons (Fsp3) is 0.750. The zero-order valence-corrected chi connectivity index (χ0v) is 16.4. The Morgan fingerprint density at radius 3 is 2.77 bits per heavy atom. The lowest BCUT2D eigenvalue weighted by atomic mass is 9.84. The van der Waals surface area contributed by atoms with Gasteiger partial charge in [0, 0.05) is 18.5 Å². The molecule has 1 N–H and O–H groups in total. The number of carbonyl (C=O) groups excluding carboxylic acids is 1. The zero-order valence-electron chi connectivity index (χ0n) is 16.4. The first-order valence-corrected chi connectivity index (χ1v) is 10.1. The lowest BCUT2D eigenvalue weighted by Gasteiger charge is -2.28. The Balaban J connectivity index is 1.36. The highest BCUT2D eigenvalue weighted by Gasteiger charge is 2.42. The molecule has 2 heterocycles. The Morgan fingerprint density at radius 1 is 1.31 bits per heavy atom. The van der Waals surface area contributed by atoms with Gasteiger partial charge < -0.3 is 5.32 Å². The molecule has 6 nitrogen and oxygen atoms in total. The van der Waals surface area contributed by atoms with Crippen LogP contribution < -0.4 is 5.32 Å². The van der Waals surface area contributed by atoms with Gasteiger partial charge in [-0.15, -0.1) is 0 Å². The molecule has 2 bridgehead atoms. The first-order valence-electron chi connectivity index (χ1n) is 10.1. The van der Waals surface area contributed by atoms with Gasteiger partial charge in [-0.05, 0) is 64.7 Å². The lowest BCUT2D eigenvalue weighted by Crippen LogP contribution is -2.40. The van der Waals surface area contributed by atoms with Gasteiger partial charge >= 0.3 is 0 Å². The first kappa shape index (κ1) is 17.6. The van der Waals surface area contributed by atoms with E-state index in [1.165, 1.54) is 25.7 Å². The molecule has 4 rings (SSSR count). The maximum absolute atomic E-state index is 12.5. The second-order valence-corrected chi connectivity index (χ2v) is 8.67. The number of aromatic nitrogens is 4.